The number of nitrogens with zero attached hydrogens (tertiary/aromatic N) is 8. The number of rotatable bonds is 9. The Balaban J connectivity index is 0.851. The summed E-state index contributed by atoms with van der Waals surface area (Å²) in [6.07, 6.45) is 28.1. The third kappa shape index (κ3) is 8.18. The van der Waals surface area contributed by atoms with Crippen LogP contribution in [0.2, 0.25) is 0 Å². The minimum absolute atomic E-state index is 0.0961. The molecule has 4 aromatic carbocycles. The van der Waals surface area contributed by atoms with E-state index in [9.17, 15) is 0 Å². The lowest BCUT2D eigenvalue weighted by Crippen LogP contribution is -2.08. The van der Waals surface area contributed by atoms with Crippen LogP contribution < -0.4 is 5.32 Å². The second-order valence-corrected chi connectivity index (χ2v) is 18.0. The van der Waals surface area contributed by atoms with Crippen LogP contribution in [0, 0.1) is 0 Å². The molecular formula is C63H43N9. The van der Waals surface area contributed by atoms with Crippen LogP contribution in [0.25, 0.3) is 111 Å². The molecule has 9 heterocycles. The molecule has 0 fully saturated rings. The van der Waals surface area contributed by atoms with Gasteiger partial charge in [0.1, 0.15) is 0 Å². The van der Waals surface area contributed by atoms with Crippen LogP contribution in [0.15, 0.2) is 225 Å². The van der Waals surface area contributed by atoms with Crippen molar-refractivity contribution >= 4 is 49.7 Å². The van der Waals surface area contributed by atoms with Crippen molar-refractivity contribution in [2.75, 3.05) is 6.54 Å². The standard InChI is InChI=1S/C63H43N9/c1-10-52-55(31-43(1)46-4-13-61(67-34-46)49-7-16-58(70-37-49)40-19-25-64-26-20-40)53-11-2-45(48-6-15-63(69-36-48)51-9-18-60(72-39-51)42-23-29-66-30-24-42)33-57(53)54-12-3-44(32-56(52)54)47-5-14-62(68-35-47)50-8-17-59(71-38-50)41-21-27-65-28-22-41/h1-17,19-25,27-39,60,64H,18,26H2. The molecule has 11 aromatic rings. The highest BCUT2D eigenvalue weighted by Gasteiger charge is 2.17. The normalized spacial score (nSPS) is 14.3. The predicted molar refractivity (Wildman–Crippen MR) is 292 cm³/mol. The van der Waals surface area contributed by atoms with E-state index in [2.05, 4.69) is 137 Å². The van der Waals surface area contributed by atoms with E-state index in [4.69, 9.17) is 29.9 Å². The van der Waals surface area contributed by atoms with Crippen molar-refractivity contribution in [2.45, 2.75) is 12.5 Å². The SMILES string of the molecule is C1=CC(c2ccc(-c3ccc(-c4ccc5c(c4)c4ccc(-c6ccc(C7=CCC(c8ccncc8)N=C7)nc6)cc4c4ccc(-c6ccc(-c7ccc(-c8ccncc8)nc7)nc6)cc45)cn3)cn2)=CCN1. The molecule has 72 heavy (non-hydrogen) atoms. The molecule has 1 N–H and O–H groups in total. The molecule has 0 radical (unpaired) electrons. The van der Waals surface area contributed by atoms with E-state index in [-0.39, 0.29) is 6.04 Å². The third-order valence-corrected chi connectivity index (χ3v) is 13.8. The summed E-state index contributed by atoms with van der Waals surface area (Å²) in [5.41, 5.74) is 17.2. The van der Waals surface area contributed by atoms with E-state index >= 15 is 0 Å². The Hall–Kier alpha value is -9.60. The zero-order valence-electron chi connectivity index (χ0n) is 38.9. The molecule has 0 saturated heterocycles. The topological polar surface area (TPSA) is 115 Å². The summed E-state index contributed by atoms with van der Waals surface area (Å²) in [6.45, 7) is 0.800. The molecule has 13 rings (SSSR count). The van der Waals surface area contributed by atoms with Crippen LogP contribution in [-0.2, 0) is 0 Å². The molecule has 340 valence electrons. The van der Waals surface area contributed by atoms with Crippen LogP contribution in [-0.4, -0.2) is 47.6 Å². The van der Waals surface area contributed by atoms with Crippen molar-refractivity contribution in [1.29, 1.82) is 0 Å². The molecule has 1 atom stereocenters. The van der Waals surface area contributed by atoms with Gasteiger partial charge in [0.25, 0.3) is 0 Å². The van der Waals surface area contributed by atoms with E-state index in [0.29, 0.717) is 0 Å². The van der Waals surface area contributed by atoms with Crippen LogP contribution in [0.1, 0.15) is 29.4 Å². The first-order chi connectivity index (χ1) is 35.6. The van der Waals surface area contributed by atoms with Crippen LogP contribution >= 0.6 is 0 Å². The van der Waals surface area contributed by atoms with Gasteiger partial charge in [-0.15, -0.1) is 0 Å². The second kappa shape index (κ2) is 18.4. The summed E-state index contributed by atoms with van der Waals surface area (Å²) in [7, 11) is 0. The van der Waals surface area contributed by atoms with Crippen LogP contribution in [0.3, 0.4) is 0 Å². The summed E-state index contributed by atoms with van der Waals surface area (Å²) in [6, 6.07) is 49.5. The van der Waals surface area contributed by atoms with Crippen molar-refractivity contribution in [3.63, 3.8) is 0 Å². The number of benzene rings is 4. The number of aliphatic imine (C=N–C) groups is 1. The van der Waals surface area contributed by atoms with Gasteiger partial charge in [-0.05, 0) is 164 Å². The summed E-state index contributed by atoms with van der Waals surface area (Å²) >= 11 is 0. The molecule has 0 aliphatic carbocycles. The summed E-state index contributed by atoms with van der Waals surface area (Å²) in [4.78, 5) is 37.4. The smallest absolute Gasteiger partial charge is 0.0785 e. The van der Waals surface area contributed by atoms with Gasteiger partial charge in [0, 0.05) is 107 Å². The number of hydrogen-bond donors (Lipinski definition) is 1. The zero-order valence-corrected chi connectivity index (χ0v) is 38.9. The maximum absolute atomic E-state index is 4.95. The van der Waals surface area contributed by atoms with Crippen molar-refractivity contribution in [3.8, 4) is 67.2 Å². The first-order valence-electron chi connectivity index (χ1n) is 24.1. The lowest BCUT2D eigenvalue weighted by molar-refractivity contribution is 0.741. The second-order valence-electron chi connectivity index (χ2n) is 18.0. The summed E-state index contributed by atoms with van der Waals surface area (Å²) < 4.78 is 0. The van der Waals surface area contributed by atoms with Gasteiger partial charge in [0.05, 0.1) is 34.5 Å². The molecule has 0 bridgehead atoms. The number of allylic oxidation sites excluding steroid dienone is 3. The van der Waals surface area contributed by atoms with Crippen molar-refractivity contribution in [2.24, 2.45) is 4.99 Å². The van der Waals surface area contributed by atoms with Gasteiger partial charge >= 0.3 is 0 Å². The molecule has 2 aliphatic rings. The summed E-state index contributed by atoms with van der Waals surface area (Å²) in [5, 5.41) is 10.2. The van der Waals surface area contributed by atoms with Gasteiger partial charge in [-0.2, -0.15) is 0 Å². The van der Waals surface area contributed by atoms with Gasteiger partial charge in [-0.3, -0.25) is 39.9 Å². The lowest BCUT2D eigenvalue weighted by atomic mass is 9.89. The van der Waals surface area contributed by atoms with E-state index in [0.717, 1.165) is 103 Å². The van der Waals surface area contributed by atoms with Crippen molar-refractivity contribution in [3.05, 3.63) is 237 Å². The van der Waals surface area contributed by atoms with Crippen LogP contribution in [0.5, 0.6) is 0 Å². The molecular weight excluding hydrogens is 883 g/mol. The van der Waals surface area contributed by atoms with Crippen molar-refractivity contribution in [1.82, 2.24) is 40.2 Å². The highest BCUT2D eigenvalue weighted by atomic mass is 14.8. The maximum atomic E-state index is 4.95. The molecule has 9 heteroatoms. The lowest BCUT2D eigenvalue weighted by Gasteiger charge is -2.16. The minimum Gasteiger partial charge on any atom is -0.387 e. The van der Waals surface area contributed by atoms with Gasteiger partial charge in [-0.1, -0.05) is 66.7 Å². The number of dihydropyridines is 2. The molecule has 0 spiro atoms. The first-order valence-corrected chi connectivity index (χ1v) is 24.1. The van der Waals surface area contributed by atoms with Gasteiger partial charge < -0.3 is 5.32 Å². The quantitative estimate of drug-likeness (QED) is 0.142. The number of hydrogen-bond acceptors (Lipinski definition) is 9. The Morgan fingerprint density at radius 2 is 0.792 bits per heavy atom. The first kappa shape index (κ1) is 42.5. The Morgan fingerprint density at radius 1 is 0.361 bits per heavy atom. The summed E-state index contributed by atoms with van der Waals surface area (Å²) in [5.74, 6) is 0. The number of nitrogens with one attached hydrogen (secondary N) is 1. The van der Waals surface area contributed by atoms with Gasteiger partial charge in [0.2, 0.25) is 0 Å². The van der Waals surface area contributed by atoms with E-state index in [1.165, 1.54) is 37.9 Å². The number of pyridine rings is 7. The Bertz CT molecular complexity index is 3940. The average Bonchev–Trinajstić information content (AvgIpc) is 3.48. The monoisotopic (exact) mass is 925 g/mol. The highest BCUT2D eigenvalue weighted by Crippen LogP contribution is 2.41. The third-order valence-electron chi connectivity index (χ3n) is 13.8. The minimum atomic E-state index is 0.0961. The Kier molecular flexibility index (Phi) is 10.8. The predicted octanol–water partition coefficient (Wildman–Crippen LogP) is 14.0. The van der Waals surface area contributed by atoms with Gasteiger partial charge in [0.15, 0.2) is 0 Å². The fourth-order valence-corrected chi connectivity index (χ4v) is 9.85. The van der Waals surface area contributed by atoms with E-state index < -0.39 is 0 Å². The average molecular weight is 926 g/mol. The van der Waals surface area contributed by atoms with Crippen molar-refractivity contribution < 1.29 is 0 Å². The highest BCUT2D eigenvalue weighted by molar-refractivity contribution is 6.26. The molecule has 0 saturated carbocycles. The Morgan fingerprint density at radius 3 is 1.22 bits per heavy atom. The van der Waals surface area contributed by atoms with Crippen LogP contribution in [0.4, 0.5) is 0 Å². The number of fused-ring (bicyclic) bond motifs is 6. The fraction of sp³-hybridized carbons (Fsp3) is 0.0476. The largest absolute Gasteiger partial charge is 0.387 e. The molecule has 9 nitrogen and oxygen atoms in total. The number of aromatic nitrogens is 7. The Labute approximate surface area is 415 Å². The molecule has 0 amide bonds. The van der Waals surface area contributed by atoms with E-state index in [1.807, 2.05) is 92.2 Å². The molecule has 2 aliphatic heterocycles. The molecule has 7 aromatic heterocycles. The maximum Gasteiger partial charge on any atom is 0.0785 e. The zero-order chi connectivity index (χ0) is 47.8. The fourth-order valence-electron chi connectivity index (χ4n) is 9.85. The van der Waals surface area contributed by atoms with E-state index in [1.54, 1.807) is 12.4 Å². The molecule has 1 unspecified atom stereocenters. The van der Waals surface area contributed by atoms with Gasteiger partial charge in [-0.25, -0.2) is 0 Å².